The molecule has 0 aliphatic carbocycles. The van der Waals surface area contributed by atoms with Gasteiger partial charge in [0.25, 0.3) is 0 Å². The van der Waals surface area contributed by atoms with Crippen LogP contribution >= 0.6 is 11.8 Å². The lowest BCUT2D eigenvalue weighted by atomic mass is 9.90. The number of pyridine rings is 1. The molecule has 1 aromatic carbocycles. The molecule has 2 heterocycles. The molecule has 1 fully saturated rings. The number of hydrogen-bond donors (Lipinski definition) is 0. The lowest BCUT2D eigenvalue weighted by Crippen LogP contribution is -2.41. The molecule has 26 heavy (non-hydrogen) atoms. The van der Waals surface area contributed by atoms with Crippen molar-refractivity contribution in [3.05, 3.63) is 66.0 Å². The molecule has 1 atom stereocenters. The van der Waals surface area contributed by atoms with Gasteiger partial charge in [-0.25, -0.2) is 0 Å². The summed E-state index contributed by atoms with van der Waals surface area (Å²) >= 11 is 1.66. The van der Waals surface area contributed by atoms with Gasteiger partial charge in [-0.3, -0.25) is 14.6 Å². The van der Waals surface area contributed by atoms with E-state index < -0.39 is 0 Å². The molecule has 0 N–H and O–H groups in total. The molecule has 3 rings (SSSR count). The van der Waals surface area contributed by atoms with Crippen molar-refractivity contribution in [1.82, 2.24) is 9.88 Å². The number of likely N-dealkylation sites (tertiary alicyclic amines) is 1. The number of piperidine rings is 1. The Kier molecular flexibility index (Phi) is 6.23. The highest BCUT2D eigenvalue weighted by Gasteiger charge is 2.28. The Morgan fingerprint density at radius 3 is 2.58 bits per heavy atom. The number of thioether (sulfide) groups is 1. The Morgan fingerprint density at radius 2 is 1.88 bits per heavy atom. The predicted octanol–water partition coefficient (Wildman–Crippen LogP) is 3.94. The molecule has 134 valence electrons. The summed E-state index contributed by atoms with van der Waals surface area (Å²) < 4.78 is 0. The zero-order chi connectivity index (χ0) is 18.4. The maximum Gasteiger partial charge on any atom is 0.246 e. The third-order valence-electron chi connectivity index (χ3n) is 4.60. The summed E-state index contributed by atoms with van der Waals surface area (Å²) in [7, 11) is 0. The standard InChI is InChI=1S/C21H22N2O2S/c1-26-19-7-5-17(6-8-19)21(25)18-3-2-14-23(15-18)20(24)9-4-16-10-12-22-13-11-16/h4-13,18H,2-3,14-15H2,1H3. The van der Waals surface area contributed by atoms with E-state index in [1.165, 1.54) is 0 Å². The third kappa shape index (κ3) is 4.61. The highest BCUT2D eigenvalue weighted by molar-refractivity contribution is 7.98. The number of aromatic nitrogens is 1. The van der Waals surface area contributed by atoms with Gasteiger partial charge in [-0.05, 0) is 55.0 Å². The van der Waals surface area contributed by atoms with E-state index >= 15 is 0 Å². The van der Waals surface area contributed by atoms with Crippen LogP contribution in [0.2, 0.25) is 0 Å². The van der Waals surface area contributed by atoms with E-state index in [1.807, 2.05) is 42.7 Å². The summed E-state index contributed by atoms with van der Waals surface area (Å²) in [5.41, 5.74) is 1.67. The van der Waals surface area contributed by atoms with Crippen molar-refractivity contribution in [2.45, 2.75) is 17.7 Å². The van der Waals surface area contributed by atoms with Crippen LogP contribution < -0.4 is 0 Å². The van der Waals surface area contributed by atoms with Gasteiger partial charge in [0.15, 0.2) is 5.78 Å². The second-order valence-corrected chi connectivity index (χ2v) is 7.21. The van der Waals surface area contributed by atoms with Gasteiger partial charge in [0, 0.05) is 47.9 Å². The first-order chi connectivity index (χ1) is 12.7. The number of carbonyl (C=O) groups is 2. The van der Waals surface area contributed by atoms with Crippen molar-refractivity contribution >= 4 is 29.5 Å². The molecule has 4 nitrogen and oxygen atoms in total. The van der Waals surface area contributed by atoms with E-state index in [-0.39, 0.29) is 17.6 Å². The SMILES string of the molecule is CSc1ccc(C(=O)C2CCCN(C(=O)C=Cc3ccncc3)C2)cc1. The Balaban J connectivity index is 1.63. The number of amides is 1. The number of ketones is 1. The molecule has 1 aromatic heterocycles. The fraction of sp³-hybridized carbons (Fsp3) is 0.286. The summed E-state index contributed by atoms with van der Waals surface area (Å²) in [6.45, 7) is 1.19. The van der Waals surface area contributed by atoms with Crippen LogP contribution in [-0.2, 0) is 4.79 Å². The summed E-state index contributed by atoms with van der Waals surface area (Å²) in [4.78, 5) is 32.1. The molecule has 1 amide bonds. The van der Waals surface area contributed by atoms with Gasteiger partial charge >= 0.3 is 0 Å². The number of Topliss-reactive ketones (excluding diaryl/α,β-unsaturated/α-hetero) is 1. The van der Waals surface area contributed by atoms with E-state index in [4.69, 9.17) is 0 Å². The number of carbonyl (C=O) groups excluding carboxylic acids is 2. The molecule has 5 heteroatoms. The molecule has 1 saturated heterocycles. The summed E-state index contributed by atoms with van der Waals surface area (Å²) in [6.07, 6.45) is 10.5. The van der Waals surface area contributed by atoms with Gasteiger partial charge in [0.1, 0.15) is 0 Å². The maximum absolute atomic E-state index is 12.8. The van der Waals surface area contributed by atoms with Gasteiger partial charge in [0.2, 0.25) is 5.91 Å². The highest BCUT2D eigenvalue weighted by Crippen LogP contribution is 2.23. The highest BCUT2D eigenvalue weighted by atomic mass is 32.2. The Bertz CT molecular complexity index is 787. The summed E-state index contributed by atoms with van der Waals surface area (Å²) in [5, 5.41) is 0. The van der Waals surface area contributed by atoms with Crippen LogP contribution in [0.3, 0.4) is 0 Å². The number of nitrogens with zero attached hydrogens (tertiary/aromatic N) is 2. The van der Waals surface area contributed by atoms with E-state index in [1.54, 1.807) is 41.2 Å². The van der Waals surface area contributed by atoms with Gasteiger partial charge in [-0.15, -0.1) is 11.8 Å². The Morgan fingerprint density at radius 1 is 1.15 bits per heavy atom. The van der Waals surface area contributed by atoms with Gasteiger partial charge in [-0.2, -0.15) is 0 Å². The monoisotopic (exact) mass is 366 g/mol. The smallest absolute Gasteiger partial charge is 0.246 e. The summed E-state index contributed by atoms with van der Waals surface area (Å²) in [6, 6.07) is 11.4. The van der Waals surface area contributed by atoms with Crippen molar-refractivity contribution < 1.29 is 9.59 Å². The molecule has 0 radical (unpaired) electrons. The Labute approximate surface area is 158 Å². The third-order valence-corrected chi connectivity index (χ3v) is 5.35. The minimum Gasteiger partial charge on any atom is -0.338 e. The molecular weight excluding hydrogens is 344 g/mol. The molecule has 0 bridgehead atoms. The Hall–Kier alpha value is -2.40. The molecule has 1 unspecified atom stereocenters. The number of rotatable bonds is 5. The largest absolute Gasteiger partial charge is 0.338 e. The van der Waals surface area contributed by atoms with Crippen LogP contribution in [0.5, 0.6) is 0 Å². The lowest BCUT2D eigenvalue weighted by Gasteiger charge is -2.31. The fourth-order valence-corrected chi connectivity index (χ4v) is 3.54. The van der Waals surface area contributed by atoms with Crippen LogP contribution in [0.4, 0.5) is 0 Å². The van der Waals surface area contributed by atoms with E-state index in [0.29, 0.717) is 13.1 Å². The quantitative estimate of drug-likeness (QED) is 0.457. The molecule has 0 spiro atoms. The molecule has 1 aliphatic rings. The van der Waals surface area contributed by atoms with E-state index in [0.717, 1.165) is 28.9 Å². The normalized spacial score (nSPS) is 17.4. The van der Waals surface area contributed by atoms with E-state index in [2.05, 4.69) is 4.98 Å². The topological polar surface area (TPSA) is 50.3 Å². The fourth-order valence-electron chi connectivity index (χ4n) is 3.13. The van der Waals surface area contributed by atoms with Crippen LogP contribution in [0, 0.1) is 5.92 Å². The van der Waals surface area contributed by atoms with Crippen LogP contribution in [0.1, 0.15) is 28.8 Å². The average molecular weight is 366 g/mol. The van der Waals surface area contributed by atoms with Crippen molar-refractivity contribution in [2.75, 3.05) is 19.3 Å². The van der Waals surface area contributed by atoms with Crippen molar-refractivity contribution in [2.24, 2.45) is 5.92 Å². The van der Waals surface area contributed by atoms with E-state index in [9.17, 15) is 9.59 Å². The average Bonchev–Trinajstić information content (AvgIpc) is 2.72. The second-order valence-electron chi connectivity index (χ2n) is 6.33. The first-order valence-electron chi connectivity index (χ1n) is 8.72. The minimum absolute atomic E-state index is 0.0444. The van der Waals surface area contributed by atoms with Gasteiger partial charge < -0.3 is 4.90 Å². The minimum atomic E-state index is -0.123. The predicted molar refractivity (Wildman–Crippen MR) is 105 cm³/mol. The molecular formula is C21H22N2O2S. The second kappa shape index (κ2) is 8.81. The number of hydrogen-bond acceptors (Lipinski definition) is 4. The summed E-state index contributed by atoms with van der Waals surface area (Å²) in [5.74, 6) is -0.0348. The maximum atomic E-state index is 12.8. The lowest BCUT2D eigenvalue weighted by molar-refractivity contribution is -0.127. The van der Waals surface area contributed by atoms with Crippen molar-refractivity contribution in [3.63, 3.8) is 0 Å². The van der Waals surface area contributed by atoms with Crippen molar-refractivity contribution in [3.8, 4) is 0 Å². The van der Waals surface area contributed by atoms with Crippen LogP contribution in [-0.4, -0.2) is 40.9 Å². The van der Waals surface area contributed by atoms with Gasteiger partial charge in [-0.1, -0.05) is 12.1 Å². The molecule has 1 aliphatic heterocycles. The van der Waals surface area contributed by atoms with Crippen molar-refractivity contribution in [1.29, 1.82) is 0 Å². The zero-order valence-corrected chi connectivity index (χ0v) is 15.6. The number of benzene rings is 1. The zero-order valence-electron chi connectivity index (χ0n) is 14.8. The van der Waals surface area contributed by atoms with Crippen LogP contribution in [0.15, 0.2) is 59.8 Å². The van der Waals surface area contributed by atoms with Crippen LogP contribution in [0.25, 0.3) is 6.08 Å². The molecule has 0 saturated carbocycles. The molecule has 2 aromatic rings. The first kappa shape index (κ1) is 18.4. The first-order valence-corrected chi connectivity index (χ1v) is 9.95. The van der Waals surface area contributed by atoms with Gasteiger partial charge in [0.05, 0.1) is 0 Å².